The van der Waals surface area contributed by atoms with Crippen LogP contribution in [0.15, 0.2) is 18.3 Å². The first-order chi connectivity index (χ1) is 11.4. The van der Waals surface area contributed by atoms with Gasteiger partial charge in [-0.25, -0.2) is 0 Å². The molecule has 1 saturated heterocycles. The minimum atomic E-state index is -4.49. The van der Waals surface area contributed by atoms with Gasteiger partial charge in [-0.3, -0.25) is 9.89 Å². The number of H-pyrrole nitrogens is 2. The summed E-state index contributed by atoms with van der Waals surface area (Å²) in [6.45, 7) is 0.841. The number of rotatable bonds is 2. The fourth-order valence-corrected chi connectivity index (χ4v) is 2.87. The Bertz CT molecular complexity index is 786. The van der Waals surface area contributed by atoms with Crippen LogP contribution in [0.2, 0.25) is 0 Å². The van der Waals surface area contributed by atoms with Gasteiger partial charge in [-0.05, 0) is 25.0 Å². The normalized spacial score (nSPS) is 18.4. The highest BCUT2D eigenvalue weighted by molar-refractivity contribution is 5.94. The summed E-state index contributed by atoms with van der Waals surface area (Å²) in [6, 6.07) is 4.38. The Labute approximate surface area is 135 Å². The molecule has 2 N–H and O–H groups in total. The third kappa shape index (κ3) is 3.13. The topological polar surface area (TPSA) is 88.6 Å². The number of nitriles is 1. The van der Waals surface area contributed by atoms with Gasteiger partial charge in [0, 0.05) is 30.9 Å². The van der Waals surface area contributed by atoms with Gasteiger partial charge in [-0.1, -0.05) is 0 Å². The van der Waals surface area contributed by atoms with Gasteiger partial charge in [-0.15, -0.1) is 0 Å². The molecule has 2 aromatic heterocycles. The van der Waals surface area contributed by atoms with E-state index in [2.05, 4.69) is 15.2 Å². The summed E-state index contributed by atoms with van der Waals surface area (Å²) in [7, 11) is 0. The summed E-state index contributed by atoms with van der Waals surface area (Å²) in [5.74, 6) is -0.464. The van der Waals surface area contributed by atoms with E-state index in [1.54, 1.807) is 4.90 Å². The van der Waals surface area contributed by atoms with Crippen LogP contribution in [0, 0.1) is 11.3 Å². The van der Waals surface area contributed by atoms with Crippen LogP contribution in [-0.2, 0) is 6.18 Å². The number of halogens is 3. The van der Waals surface area contributed by atoms with Gasteiger partial charge in [0.05, 0.1) is 5.56 Å². The molecule has 1 atom stereocenters. The molecule has 0 aliphatic carbocycles. The number of nitrogens with zero attached hydrogens (tertiary/aromatic N) is 3. The number of amides is 1. The summed E-state index contributed by atoms with van der Waals surface area (Å²) in [6.07, 6.45) is -1.66. The first-order valence-electron chi connectivity index (χ1n) is 7.39. The maximum absolute atomic E-state index is 12.7. The van der Waals surface area contributed by atoms with Crippen LogP contribution in [0.3, 0.4) is 0 Å². The lowest BCUT2D eigenvalue weighted by molar-refractivity contribution is -0.141. The maximum atomic E-state index is 12.7. The molecule has 0 radical (unpaired) electrons. The smallest absolute Gasteiger partial charge is 0.352 e. The molecule has 1 fully saturated rings. The Morgan fingerprint density at radius 1 is 1.42 bits per heavy atom. The van der Waals surface area contributed by atoms with Crippen molar-refractivity contribution in [2.45, 2.75) is 24.9 Å². The molecule has 1 amide bonds. The van der Waals surface area contributed by atoms with Crippen LogP contribution in [0.1, 0.15) is 46.2 Å². The Kier molecular flexibility index (Phi) is 4.05. The number of aromatic amines is 2. The minimum absolute atomic E-state index is 0.222. The monoisotopic (exact) mass is 337 g/mol. The molecule has 0 saturated carbocycles. The van der Waals surface area contributed by atoms with Crippen LogP contribution in [0.4, 0.5) is 13.2 Å². The Balaban J connectivity index is 1.73. The predicted molar refractivity (Wildman–Crippen MR) is 77.0 cm³/mol. The van der Waals surface area contributed by atoms with Gasteiger partial charge < -0.3 is 9.88 Å². The average molecular weight is 337 g/mol. The van der Waals surface area contributed by atoms with Gasteiger partial charge in [0.1, 0.15) is 11.8 Å². The first-order valence-corrected chi connectivity index (χ1v) is 7.39. The Hall–Kier alpha value is -2.76. The van der Waals surface area contributed by atoms with E-state index in [0.29, 0.717) is 37.2 Å². The highest BCUT2D eigenvalue weighted by Crippen LogP contribution is 2.32. The Morgan fingerprint density at radius 3 is 2.83 bits per heavy atom. The molecule has 1 aliphatic rings. The summed E-state index contributed by atoms with van der Waals surface area (Å²) in [5.41, 5.74) is 0.0833. The van der Waals surface area contributed by atoms with E-state index in [1.807, 2.05) is 6.07 Å². The number of carbonyl (C=O) groups excluding carboxylic acids is 1. The van der Waals surface area contributed by atoms with Crippen molar-refractivity contribution >= 4 is 5.91 Å². The minimum Gasteiger partial charge on any atom is -0.352 e. The van der Waals surface area contributed by atoms with Crippen molar-refractivity contribution < 1.29 is 18.0 Å². The van der Waals surface area contributed by atoms with Crippen molar-refractivity contribution in [3.05, 3.63) is 41.0 Å². The van der Waals surface area contributed by atoms with Crippen LogP contribution in [0.5, 0.6) is 0 Å². The van der Waals surface area contributed by atoms with E-state index < -0.39 is 11.9 Å². The third-order valence-corrected chi connectivity index (χ3v) is 4.09. The number of alkyl halides is 3. The summed E-state index contributed by atoms with van der Waals surface area (Å²) in [4.78, 5) is 16.7. The van der Waals surface area contributed by atoms with E-state index >= 15 is 0 Å². The number of aromatic nitrogens is 3. The van der Waals surface area contributed by atoms with Crippen molar-refractivity contribution in [3.63, 3.8) is 0 Å². The second kappa shape index (κ2) is 6.03. The number of hydrogen-bond acceptors (Lipinski definition) is 3. The molecule has 126 valence electrons. The zero-order valence-corrected chi connectivity index (χ0v) is 12.5. The molecule has 1 aliphatic heterocycles. The summed E-state index contributed by atoms with van der Waals surface area (Å²) >= 11 is 0. The van der Waals surface area contributed by atoms with E-state index in [9.17, 15) is 18.0 Å². The lowest BCUT2D eigenvalue weighted by Crippen LogP contribution is -2.39. The second-order valence-electron chi connectivity index (χ2n) is 5.71. The first kappa shape index (κ1) is 16.1. The van der Waals surface area contributed by atoms with Gasteiger partial charge >= 0.3 is 6.18 Å². The largest absolute Gasteiger partial charge is 0.435 e. The molecule has 0 aromatic carbocycles. The van der Waals surface area contributed by atoms with Crippen molar-refractivity contribution in [1.82, 2.24) is 20.1 Å². The summed E-state index contributed by atoms with van der Waals surface area (Å²) < 4.78 is 38.0. The molecule has 9 heteroatoms. The number of nitrogens with one attached hydrogen (secondary N) is 2. The Morgan fingerprint density at radius 2 is 2.21 bits per heavy atom. The molecule has 3 heterocycles. The highest BCUT2D eigenvalue weighted by atomic mass is 19.4. The van der Waals surface area contributed by atoms with E-state index in [0.717, 1.165) is 6.07 Å². The van der Waals surface area contributed by atoms with Crippen molar-refractivity contribution in [1.29, 1.82) is 5.26 Å². The molecular formula is C15H14F3N5O. The van der Waals surface area contributed by atoms with E-state index in [1.165, 1.54) is 12.3 Å². The number of likely N-dealkylation sites (tertiary alicyclic amines) is 1. The lowest BCUT2D eigenvalue weighted by Gasteiger charge is -2.32. The number of carbonyl (C=O) groups is 1. The van der Waals surface area contributed by atoms with Crippen LogP contribution in [-0.4, -0.2) is 39.1 Å². The molecule has 2 aromatic rings. The molecule has 24 heavy (non-hydrogen) atoms. The maximum Gasteiger partial charge on any atom is 0.435 e. The van der Waals surface area contributed by atoms with E-state index in [-0.39, 0.29) is 17.5 Å². The zero-order chi connectivity index (χ0) is 17.3. The van der Waals surface area contributed by atoms with Gasteiger partial charge in [0.15, 0.2) is 5.69 Å². The molecule has 1 unspecified atom stereocenters. The number of piperidine rings is 1. The van der Waals surface area contributed by atoms with Crippen molar-refractivity contribution in [2.75, 3.05) is 13.1 Å². The fourth-order valence-electron chi connectivity index (χ4n) is 2.87. The van der Waals surface area contributed by atoms with Crippen LogP contribution < -0.4 is 0 Å². The molecular weight excluding hydrogens is 323 g/mol. The molecule has 6 nitrogen and oxygen atoms in total. The van der Waals surface area contributed by atoms with Crippen molar-refractivity contribution in [3.8, 4) is 6.07 Å². The molecule has 0 bridgehead atoms. The highest BCUT2D eigenvalue weighted by Gasteiger charge is 2.35. The van der Waals surface area contributed by atoms with Gasteiger partial charge in [-0.2, -0.15) is 23.5 Å². The lowest BCUT2D eigenvalue weighted by atomic mass is 9.94. The number of hydrogen-bond donors (Lipinski definition) is 2. The quantitative estimate of drug-likeness (QED) is 0.883. The fraction of sp³-hybridized carbons (Fsp3) is 0.400. The summed E-state index contributed by atoms with van der Waals surface area (Å²) in [5, 5.41) is 14.5. The average Bonchev–Trinajstić information content (AvgIpc) is 3.23. The molecule has 3 rings (SSSR count). The van der Waals surface area contributed by atoms with Crippen LogP contribution in [0.25, 0.3) is 0 Å². The second-order valence-corrected chi connectivity index (χ2v) is 5.71. The zero-order valence-electron chi connectivity index (χ0n) is 12.5. The SMILES string of the molecule is N#Cc1cc(C(=O)N2CCCC(c3cc(C(F)(F)F)n[nH]3)C2)c[nH]1. The van der Waals surface area contributed by atoms with E-state index in [4.69, 9.17) is 5.26 Å². The molecule has 0 spiro atoms. The van der Waals surface area contributed by atoms with Crippen molar-refractivity contribution in [2.24, 2.45) is 0 Å². The standard InChI is InChI=1S/C15H14F3N5O/c16-15(17,18)13-5-12(21-22-13)9-2-1-3-23(8-9)14(24)10-4-11(6-19)20-7-10/h4-5,7,9,20H,1-3,8H2,(H,21,22). The van der Waals surface area contributed by atoms with Gasteiger partial charge in [0.25, 0.3) is 5.91 Å². The predicted octanol–water partition coefficient (Wildman–Crippen LogP) is 2.65. The van der Waals surface area contributed by atoms with Gasteiger partial charge in [0.2, 0.25) is 0 Å². The third-order valence-electron chi connectivity index (χ3n) is 4.09. The van der Waals surface area contributed by atoms with Crippen LogP contribution >= 0.6 is 0 Å².